The zero-order valence-electron chi connectivity index (χ0n) is 13.8. The van der Waals surface area contributed by atoms with E-state index < -0.39 is 0 Å². The van der Waals surface area contributed by atoms with Gasteiger partial charge in [-0.1, -0.05) is 47.5 Å². The highest BCUT2D eigenvalue weighted by atomic mass is 35.5. The van der Waals surface area contributed by atoms with Gasteiger partial charge < -0.3 is 4.90 Å². The monoisotopic (exact) mass is 362 g/mol. The molecule has 1 heterocycles. The van der Waals surface area contributed by atoms with Crippen LogP contribution in [0.25, 0.3) is 0 Å². The molecule has 0 radical (unpaired) electrons. The molecule has 0 aromatic heterocycles. The Morgan fingerprint density at radius 1 is 1.12 bits per heavy atom. The van der Waals surface area contributed by atoms with Gasteiger partial charge in [0.2, 0.25) is 5.91 Å². The minimum absolute atomic E-state index is 0.0686. The van der Waals surface area contributed by atoms with Gasteiger partial charge in [0.25, 0.3) is 0 Å². The maximum Gasteiger partial charge on any atom is 0.244 e. The lowest BCUT2D eigenvalue weighted by Gasteiger charge is -2.39. The van der Waals surface area contributed by atoms with E-state index in [9.17, 15) is 4.79 Å². The van der Waals surface area contributed by atoms with Gasteiger partial charge in [0.1, 0.15) is 0 Å². The van der Waals surface area contributed by atoms with Crippen LogP contribution in [0.15, 0.2) is 42.5 Å². The number of hydrogen-bond acceptors (Lipinski definition) is 2. The quantitative estimate of drug-likeness (QED) is 0.799. The van der Waals surface area contributed by atoms with Crippen LogP contribution in [0.1, 0.15) is 18.1 Å². The highest BCUT2D eigenvalue weighted by Gasteiger charge is 2.33. The van der Waals surface area contributed by atoms with Gasteiger partial charge in [-0.25, -0.2) is 0 Å². The minimum atomic E-state index is -0.190. The molecule has 1 aliphatic heterocycles. The zero-order valence-corrected chi connectivity index (χ0v) is 15.3. The SMILES string of the molecule is Cc1ccccc1CN1CCN(c2ccc(Cl)cc2Cl)C(=O)C1C. The summed E-state index contributed by atoms with van der Waals surface area (Å²) in [5, 5.41) is 1.08. The van der Waals surface area contributed by atoms with Crippen LogP contribution in [0.2, 0.25) is 10.0 Å². The standard InChI is InChI=1S/C19H20Cl2N2O/c1-13-5-3-4-6-15(13)12-22-9-10-23(19(24)14(22)2)18-8-7-16(20)11-17(18)21/h3-8,11,14H,9-10,12H2,1-2H3. The van der Waals surface area contributed by atoms with E-state index in [-0.39, 0.29) is 11.9 Å². The molecule has 0 aliphatic carbocycles. The highest BCUT2D eigenvalue weighted by Crippen LogP contribution is 2.31. The predicted octanol–water partition coefficient (Wildman–Crippen LogP) is 4.54. The lowest BCUT2D eigenvalue weighted by atomic mass is 10.1. The first-order valence-corrected chi connectivity index (χ1v) is 8.78. The fourth-order valence-electron chi connectivity index (χ4n) is 3.08. The second-order valence-electron chi connectivity index (χ2n) is 6.16. The van der Waals surface area contributed by atoms with Crippen LogP contribution in [-0.4, -0.2) is 29.9 Å². The van der Waals surface area contributed by atoms with Gasteiger partial charge in [0, 0.05) is 24.7 Å². The lowest BCUT2D eigenvalue weighted by molar-refractivity contribution is -0.125. The van der Waals surface area contributed by atoms with Crippen molar-refractivity contribution in [1.29, 1.82) is 0 Å². The molecule has 1 amide bonds. The molecule has 3 nitrogen and oxygen atoms in total. The van der Waals surface area contributed by atoms with Crippen molar-refractivity contribution < 1.29 is 4.79 Å². The molecule has 5 heteroatoms. The van der Waals surface area contributed by atoms with Gasteiger partial charge in [0.15, 0.2) is 0 Å². The second kappa shape index (κ2) is 7.14. The van der Waals surface area contributed by atoms with Crippen LogP contribution < -0.4 is 4.90 Å². The van der Waals surface area contributed by atoms with Crippen LogP contribution in [0.4, 0.5) is 5.69 Å². The summed E-state index contributed by atoms with van der Waals surface area (Å²) in [5.74, 6) is 0.0686. The van der Waals surface area contributed by atoms with Gasteiger partial charge in [-0.2, -0.15) is 0 Å². The maximum absolute atomic E-state index is 12.8. The number of rotatable bonds is 3. The van der Waals surface area contributed by atoms with Crippen molar-refractivity contribution >= 4 is 34.8 Å². The van der Waals surface area contributed by atoms with Crippen molar-refractivity contribution in [3.8, 4) is 0 Å². The minimum Gasteiger partial charge on any atom is -0.308 e. The van der Waals surface area contributed by atoms with Crippen molar-refractivity contribution in [2.45, 2.75) is 26.4 Å². The number of anilines is 1. The van der Waals surface area contributed by atoms with Crippen LogP contribution in [0.3, 0.4) is 0 Å². The second-order valence-corrected chi connectivity index (χ2v) is 7.00. The first kappa shape index (κ1) is 17.3. The van der Waals surface area contributed by atoms with E-state index in [4.69, 9.17) is 23.2 Å². The smallest absolute Gasteiger partial charge is 0.244 e. The van der Waals surface area contributed by atoms with Gasteiger partial charge >= 0.3 is 0 Å². The Kier molecular flexibility index (Phi) is 5.14. The zero-order chi connectivity index (χ0) is 17.3. The van der Waals surface area contributed by atoms with Crippen molar-refractivity contribution in [1.82, 2.24) is 4.90 Å². The Balaban J connectivity index is 1.77. The van der Waals surface area contributed by atoms with Crippen molar-refractivity contribution in [2.24, 2.45) is 0 Å². The predicted molar refractivity (Wildman–Crippen MR) is 99.9 cm³/mol. The number of aryl methyl sites for hydroxylation is 1. The number of carbonyl (C=O) groups is 1. The molecule has 0 bridgehead atoms. The third-order valence-corrected chi connectivity index (χ3v) is 5.16. The summed E-state index contributed by atoms with van der Waals surface area (Å²) in [7, 11) is 0. The van der Waals surface area contributed by atoms with Gasteiger partial charge in [-0.3, -0.25) is 9.69 Å². The Labute approximate surface area is 152 Å². The normalized spacial score (nSPS) is 18.9. The molecule has 3 rings (SSSR count). The summed E-state index contributed by atoms with van der Waals surface area (Å²) < 4.78 is 0. The fraction of sp³-hybridized carbons (Fsp3) is 0.316. The molecular formula is C19H20Cl2N2O. The van der Waals surface area contributed by atoms with E-state index in [0.29, 0.717) is 16.6 Å². The summed E-state index contributed by atoms with van der Waals surface area (Å²) in [5.41, 5.74) is 3.24. The average molecular weight is 363 g/mol. The van der Waals surface area contributed by atoms with Gasteiger partial charge in [-0.15, -0.1) is 0 Å². The summed E-state index contributed by atoms with van der Waals surface area (Å²) >= 11 is 12.2. The summed E-state index contributed by atoms with van der Waals surface area (Å²) in [6.07, 6.45) is 0. The molecule has 1 fully saturated rings. The Hall–Kier alpha value is -1.55. The summed E-state index contributed by atoms with van der Waals surface area (Å²) in [6, 6.07) is 13.4. The number of hydrogen-bond donors (Lipinski definition) is 0. The highest BCUT2D eigenvalue weighted by molar-refractivity contribution is 6.36. The number of piperazine rings is 1. The molecule has 1 saturated heterocycles. The molecule has 0 saturated carbocycles. The first-order chi connectivity index (χ1) is 11.5. The molecule has 2 aromatic rings. The number of amides is 1. The van der Waals surface area contributed by atoms with E-state index in [1.165, 1.54) is 11.1 Å². The molecule has 2 aromatic carbocycles. The van der Waals surface area contributed by atoms with Crippen LogP contribution in [-0.2, 0) is 11.3 Å². The molecule has 0 spiro atoms. The molecule has 0 N–H and O–H groups in total. The van der Waals surface area contributed by atoms with E-state index >= 15 is 0 Å². The number of nitrogens with zero attached hydrogens (tertiary/aromatic N) is 2. The van der Waals surface area contributed by atoms with Crippen molar-refractivity contribution in [3.05, 3.63) is 63.6 Å². The molecule has 1 atom stereocenters. The topological polar surface area (TPSA) is 23.6 Å². The summed E-state index contributed by atoms with van der Waals surface area (Å²) in [6.45, 7) is 6.26. The third kappa shape index (κ3) is 3.44. The Morgan fingerprint density at radius 3 is 2.58 bits per heavy atom. The van der Waals surface area contributed by atoms with Crippen molar-refractivity contribution in [2.75, 3.05) is 18.0 Å². The largest absolute Gasteiger partial charge is 0.308 e. The van der Waals surface area contributed by atoms with E-state index in [0.717, 1.165) is 18.8 Å². The summed E-state index contributed by atoms with van der Waals surface area (Å²) in [4.78, 5) is 16.8. The van der Waals surface area contributed by atoms with Crippen LogP contribution in [0, 0.1) is 6.92 Å². The van der Waals surface area contributed by atoms with Crippen molar-refractivity contribution in [3.63, 3.8) is 0 Å². The fourth-order valence-corrected chi connectivity index (χ4v) is 3.59. The Bertz CT molecular complexity index is 763. The number of carbonyl (C=O) groups excluding carboxylic acids is 1. The van der Waals surface area contributed by atoms with E-state index in [2.05, 4.69) is 24.0 Å². The average Bonchev–Trinajstić information content (AvgIpc) is 2.55. The maximum atomic E-state index is 12.8. The third-order valence-electron chi connectivity index (χ3n) is 4.62. The molecule has 1 unspecified atom stereocenters. The molecular weight excluding hydrogens is 343 g/mol. The molecule has 24 heavy (non-hydrogen) atoms. The molecule has 126 valence electrons. The van der Waals surface area contributed by atoms with Gasteiger partial charge in [-0.05, 0) is 43.2 Å². The van der Waals surface area contributed by atoms with E-state index in [1.807, 2.05) is 25.1 Å². The van der Waals surface area contributed by atoms with Gasteiger partial charge in [0.05, 0.1) is 16.8 Å². The Morgan fingerprint density at radius 2 is 1.88 bits per heavy atom. The number of halogens is 2. The molecule has 1 aliphatic rings. The lowest BCUT2D eigenvalue weighted by Crippen LogP contribution is -2.55. The van der Waals surface area contributed by atoms with Crippen LogP contribution >= 0.6 is 23.2 Å². The first-order valence-electron chi connectivity index (χ1n) is 8.02. The number of benzene rings is 2. The van der Waals surface area contributed by atoms with Crippen LogP contribution in [0.5, 0.6) is 0 Å². The van der Waals surface area contributed by atoms with E-state index in [1.54, 1.807) is 17.0 Å².